The molecule has 0 bridgehead atoms. The number of hydrogen-bond acceptors (Lipinski definition) is 8. The topological polar surface area (TPSA) is 123 Å². The van der Waals surface area contributed by atoms with Crippen molar-refractivity contribution in [1.29, 1.82) is 0 Å². The van der Waals surface area contributed by atoms with Crippen molar-refractivity contribution in [3.05, 3.63) is 22.7 Å². The molecule has 134 valence electrons. The highest BCUT2D eigenvalue weighted by Crippen LogP contribution is 2.18. The molecule has 0 unspecified atom stereocenters. The van der Waals surface area contributed by atoms with Crippen LogP contribution in [0.5, 0.6) is 0 Å². The Hall–Kier alpha value is -2.75. The molecular formula is C15H18N4O5S. The van der Waals surface area contributed by atoms with Gasteiger partial charge in [0, 0.05) is 23.9 Å². The molecule has 3 amide bonds. The van der Waals surface area contributed by atoms with Gasteiger partial charge in [-0.1, -0.05) is 12.1 Å². The van der Waals surface area contributed by atoms with Gasteiger partial charge in [-0.05, 0) is 17.9 Å². The summed E-state index contributed by atoms with van der Waals surface area (Å²) in [4.78, 5) is 38.5. The van der Waals surface area contributed by atoms with E-state index in [1.54, 1.807) is 0 Å². The maximum absolute atomic E-state index is 11.6. The van der Waals surface area contributed by atoms with Crippen molar-refractivity contribution in [3.8, 4) is 11.4 Å². The molecule has 0 fully saturated rings. The van der Waals surface area contributed by atoms with Crippen LogP contribution in [0.3, 0.4) is 0 Å². The van der Waals surface area contributed by atoms with E-state index in [4.69, 9.17) is 9.26 Å². The number of ether oxygens (including phenoxy) is 1. The standard InChI is InChI=1S/C15H18N4O5S/c1-2-6-16-15(22)17-11(20)8-23-13(21)4-3-12-18-14(19-24-12)10-5-7-25-9-10/h5,7,9H,2-4,6,8H2,1H3,(H2,16,17,20,22). The SMILES string of the molecule is CCCNC(=O)NC(=O)COC(=O)CCc1nc(-c2ccsc2)no1. The van der Waals surface area contributed by atoms with Crippen molar-refractivity contribution in [3.63, 3.8) is 0 Å². The van der Waals surface area contributed by atoms with E-state index in [0.717, 1.165) is 12.0 Å². The lowest BCUT2D eigenvalue weighted by Gasteiger charge is -2.06. The number of nitrogens with one attached hydrogen (secondary N) is 2. The van der Waals surface area contributed by atoms with E-state index < -0.39 is 24.5 Å². The quantitative estimate of drug-likeness (QED) is 0.679. The summed E-state index contributed by atoms with van der Waals surface area (Å²) >= 11 is 1.52. The Morgan fingerprint density at radius 3 is 2.92 bits per heavy atom. The molecule has 0 spiro atoms. The highest BCUT2D eigenvalue weighted by molar-refractivity contribution is 7.08. The first kappa shape index (κ1) is 18.6. The van der Waals surface area contributed by atoms with Gasteiger partial charge in [-0.15, -0.1) is 0 Å². The predicted octanol–water partition coefficient (Wildman–Crippen LogP) is 1.51. The first-order chi connectivity index (χ1) is 12.1. The van der Waals surface area contributed by atoms with Gasteiger partial charge in [-0.25, -0.2) is 4.79 Å². The van der Waals surface area contributed by atoms with Gasteiger partial charge in [-0.3, -0.25) is 14.9 Å². The highest BCUT2D eigenvalue weighted by Gasteiger charge is 2.13. The molecule has 0 aromatic carbocycles. The van der Waals surface area contributed by atoms with Crippen LogP contribution in [-0.4, -0.2) is 41.2 Å². The summed E-state index contributed by atoms with van der Waals surface area (Å²) in [5.74, 6) is -0.525. The molecule has 0 radical (unpaired) electrons. The minimum atomic E-state index is -0.695. The lowest BCUT2D eigenvalue weighted by molar-refractivity contribution is -0.148. The number of carbonyl (C=O) groups excluding carboxylic acids is 3. The summed E-state index contributed by atoms with van der Waals surface area (Å²) in [5.41, 5.74) is 0.848. The van der Waals surface area contributed by atoms with Gasteiger partial charge in [0.1, 0.15) is 0 Å². The number of imide groups is 1. The third-order valence-corrected chi connectivity index (χ3v) is 3.63. The van der Waals surface area contributed by atoms with Crippen molar-refractivity contribution >= 4 is 29.2 Å². The molecular weight excluding hydrogens is 348 g/mol. The van der Waals surface area contributed by atoms with Crippen LogP contribution in [0.2, 0.25) is 0 Å². The summed E-state index contributed by atoms with van der Waals surface area (Å²) in [6.45, 7) is 1.81. The van der Waals surface area contributed by atoms with Crippen LogP contribution >= 0.6 is 11.3 Å². The molecule has 0 aliphatic rings. The van der Waals surface area contributed by atoms with E-state index >= 15 is 0 Å². The van der Waals surface area contributed by atoms with E-state index in [1.165, 1.54) is 11.3 Å². The van der Waals surface area contributed by atoms with E-state index in [2.05, 4.69) is 20.8 Å². The number of esters is 1. The second kappa shape index (κ2) is 9.52. The maximum Gasteiger partial charge on any atom is 0.321 e. The van der Waals surface area contributed by atoms with Gasteiger partial charge in [0.2, 0.25) is 11.7 Å². The number of hydrogen-bond donors (Lipinski definition) is 2. The molecule has 2 aromatic rings. The van der Waals surface area contributed by atoms with Crippen LogP contribution in [-0.2, 0) is 20.7 Å². The van der Waals surface area contributed by atoms with Gasteiger partial charge in [0.15, 0.2) is 6.61 Å². The zero-order valence-electron chi connectivity index (χ0n) is 13.6. The third-order valence-electron chi connectivity index (χ3n) is 2.94. The lowest BCUT2D eigenvalue weighted by Crippen LogP contribution is -2.41. The number of nitrogens with zero attached hydrogens (tertiary/aromatic N) is 2. The molecule has 0 atom stereocenters. The maximum atomic E-state index is 11.6. The normalized spacial score (nSPS) is 10.3. The van der Waals surface area contributed by atoms with Gasteiger partial charge in [0.25, 0.3) is 5.91 Å². The smallest absolute Gasteiger partial charge is 0.321 e. The molecule has 0 saturated heterocycles. The predicted molar refractivity (Wildman–Crippen MR) is 88.7 cm³/mol. The summed E-state index contributed by atoms with van der Waals surface area (Å²) in [6, 6.07) is 1.25. The fourth-order valence-electron chi connectivity index (χ4n) is 1.74. The van der Waals surface area contributed by atoms with Gasteiger partial charge >= 0.3 is 12.0 Å². The molecule has 25 heavy (non-hydrogen) atoms. The van der Waals surface area contributed by atoms with Crippen LogP contribution in [0.4, 0.5) is 4.79 Å². The molecule has 0 aliphatic carbocycles. The number of rotatable bonds is 8. The Morgan fingerprint density at radius 1 is 1.36 bits per heavy atom. The Balaban J connectivity index is 1.67. The van der Waals surface area contributed by atoms with Crippen LogP contribution in [0.25, 0.3) is 11.4 Å². The number of aryl methyl sites for hydroxylation is 1. The largest absolute Gasteiger partial charge is 0.456 e. The molecule has 2 aromatic heterocycles. The zero-order valence-corrected chi connectivity index (χ0v) is 14.4. The number of amides is 3. The summed E-state index contributed by atoms with van der Waals surface area (Å²) < 4.78 is 9.85. The Labute approximate surface area is 147 Å². The molecule has 9 nitrogen and oxygen atoms in total. The molecule has 2 rings (SSSR count). The number of urea groups is 1. The molecule has 0 saturated carbocycles. The van der Waals surface area contributed by atoms with Crippen LogP contribution in [0.1, 0.15) is 25.7 Å². The average Bonchev–Trinajstić information content (AvgIpc) is 3.27. The lowest BCUT2D eigenvalue weighted by atomic mass is 10.3. The zero-order chi connectivity index (χ0) is 18.1. The van der Waals surface area contributed by atoms with Crippen LogP contribution in [0.15, 0.2) is 21.3 Å². The van der Waals surface area contributed by atoms with Crippen LogP contribution in [0, 0.1) is 0 Å². The molecule has 2 heterocycles. The average molecular weight is 366 g/mol. The minimum absolute atomic E-state index is 0.0133. The first-order valence-corrected chi connectivity index (χ1v) is 8.61. The Morgan fingerprint density at radius 2 is 2.20 bits per heavy atom. The van der Waals surface area contributed by atoms with Gasteiger partial charge in [0.05, 0.1) is 6.42 Å². The Bertz CT molecular complexity index is 713. The molecule has 10 heteroatoms. The van der Waals surface area contributed by atoms with Crippen molar-refractivity contribution in [2.45, 2.75) is 26.2 Å². The van der Waals surface area contributed by atoms with Gasteiger partial charge < -0.3 is 14.6 Å². The minimum Gasteiger partial charge on any atom is -0.456 e. The number of carbonyl (C=O) groups is 3. The summed E-state index contributed by atoms with van der Waals surface area (Å²) in [5, 5.41) is 12.1. The van der Waals surface area contributed by atoms with E-state index in [1.807, 2.05) is 23.8 Å². The highest BCUT2D eigenvalue weighted by atomic mass is 32.1. The second-order valence-corrected chi connectivity index (χ2v) is 5.77. The first-order valence-electron chi connectivity index (χ1n) is 7.67. The summed E-state index contributed by atoms with van der Waals surface area (Å²) in [7, 11) is 0. The monoisotopic (exact) mass is 366 g/mol. The van der Waals surface area contributed by atoms with E-state index in [0.29, 0.717) is 18.3 Å². The summed E-state index contributed by atoms with van der Waals surface area (Å²) in [6.07, 6.45) is 0.940. The second-order valence-electron chi connectivity index (χ2n) is 4.99. The van der Waals surface area contributed by atoms with Crippen molar-refractivity contribution in [2.24, 2.45) is 0 Å². The van der Waals surface area contributed by atoms with E-state index in [-0.39, 0.29) is 12.8 Å². The fraction of sp³-hybridized carbons (Fsp3) is 0.400. The third kappa shape index (κ3) is 6.34. The fourth-order valence-corrected chi connectivity index (χ4v) is 2.37. The van der Waals surface area contributed by atoms with E-state index in [9.17, 15) is 14.4 Å². The van der Waals surface area contributed by atoms with Crippen molar-refractivity contribution < 1.29 is 23.6 Å². The Kier molecular flexibility index (Phi) is 7.08. The number of aromatic nitrogens is 2. The van der Waals surface area contributed by atoms with Crippen molar-refractivity contribution in [2.75, 3.05) is 13.2 Å². The van der Waals surface area contributed by atoms with Crippen LogP contribution < -0.4 is 10.6 Å². The number of thiophene rings is 1. The molecule has 0 aliphatic heterocycles. The van der Waals surface area contributed by atoms with Gasteiger partial charge in [-0.2, -0.15) is 16.3 Å². The van der Waals surface area contributed by atoms with Crippen molar-refractivity contribution in [1.82, 2.24) is 20.8 Å². The molecule has 2 N–H and O–H groups in total.